The van der Waals surface area contributed by atoms with Crippen molar-refractivity contribution >= 4 is 28.3 Å². The quantitative estimate of drug-likeness (QED) is 0.576. The van der Waals surface area contributed by atoms with E-state index in [1.165, 1.54) is 0 Å². The van der Waals surface area contributed by atoms with Crippen molar-refractivity contribution in [2.45, 2.75) is 45.6 Å². The van der Waals surface area contributed by atoms with Gasteiger partial charge in [0.25, 0.3) is 11.8 Å². The predicted octanol–water partition coefficient (Wildman–Crippen LogP) is 5.57. The second kappa shape index (κ2) is 9.86. The van der Waals surface area contributed by atoms with Crippen LogP contribution in [0.25, 0.3) is 10.8 Å². The van der Waals surface area contributed by atoms with E-state index >= 15 is 0 Å². The molecule has 3 aromatic rings. The Balaban J connectivity index is 1.62. The maximum atomic E-state index is 13.2. The van der Waals surface area contributed by atoms with Crippen LogP contribution in [0, 0.1) is 6.92 Å². The Morgan fingerprint density at radius 1 is 0.906 bits per heavy atom. The number of rotatable bonds is 5. The van der Waals surface area contributed by atoms with Crippen LogP contribution in [-0.4, -0.2) is 35.9 Å². The van der Waals surface area contributed by atoms with Gasteiger partial charge < -0.3 is 15.0 Å². The minimum Gasteiger partial charge on any atom is -0.480 e. The molecule has 0 aliphatic carbocycles. The van der Waals surface area contributed by atoms with E-state index in [4.69, 9.17) is 4.74 Å². The van der Waals surface area contributed by atoms with E-state index in [0.717, 1.165) is 60.8 Å². The molecule has 3 aromatic carbocycles. The van der Waals surface area contributed by atoms with Crippen LogP contribution in [0.15, 0.2) is 60.7 Å². The molecule has 0 unspecified atom stereocenters. The standard InChI is InChI=1S/C27H30N2O3/c1-19-11-5-8-14-24(19)28-26(30)23-17-21-12-6-7-13-22(21)18-25(23)32-20(2)27(31)29-15-9-3-4-10-16-29/h5-8,11-14,17-18,20H,3-4,9-10,15-16H2,1-2H3,(H,28,30)/t20-/m0/s1. The summed E-state index contributed by atoms with van der Waals surface area (Å²) in [5, 5.41) is 4.90. The minimum absolute atomic E-state index is 0.0229. The first kappa shape index (κ1) is 21.9. The molecule has 0 aromatic heterocycles. The van der Waals surface area contributed by atoms with Crippen molar-refractivity contribution in [2.75, 3.05) is 18.4 Å². The van der Waals surface area contributed by atoms with Gasteiger partial charge in [0.1, 0.15) is 5.75 Å². The summed E-state index contributed by atoms with van der Waals surface area (Å²) in [6.07, 6.45) is 3.70. The molecule has 166 valence electrons. The summed E-state index contributed by atoms with van der Waals surface area (Å²) in [5.41, 5.74) is 2.15. The lowest BCUT2D eigenvalue weighted by atomic mass is 10.0. The monoisotopic (exact) mass is 430 g/mol. The molecule has 1 heterocycles. The molecule has 5 nitrogen and oxygen atoms in total. The SMILES string of the molecule is Cc1ccccc1NC(=O)c1cc2ccccc2cc1O[C@@H](C)C(=O)N1CCCCCC1. The number of hydrogen-bond acceptors (Lipinski definition) is 3. The van der Waals surface area contributed by atoms with Crippen molar-refractivity contribution < 1.29 is 14.3 Å². The van der Waals surface area contributed by atoms with Gasteiger partial charge in [-0.15, -0.1) is 0 Å². The Labute approximate surface area is 189 Å². The van der Waals surface area contributed by atoms with Gasteiger partial charge in [-0.2, -0.15) is 0 Å². The number of amides is 2. The lowest BCUT2D eigenvalue weighted by Crippen LogP contribution is -2.41. The number of aryl methyl sites for hydroxylation is 1. The molecule has 1 atom stereocenters. The van der Waals surface area contributed by atoms with Crippen LogP contribution in [0.5, 0.6) is 5.75 Å². The third-order valence-corrected chi connectivity index (χ3v) is 6.06. The number of nitrogens with one attached hydrogen (secondary N) is 1. The third-order valence-electron chi connectivity index (χ3n) is 6.06. The highest BCUT2D eigenvalue weighted by atomic mass is 16.5. The van der Waals surface area contributed by atoms with Crippen LogP contribution in [-0.2, 0) is 4.79 Å². The van der Waals surface area contributed by atoms with E-state index < -0.39 is 6.10 Å². The first-order valence-corrected chi connectivity index (χ1v) is 11.4. The molecule has 4 rings (SSSR count). The fourth-order valence-corrected chi connectivity index (χ4v) is 4.19. The molecule has 5 heteroatoms. The number of carbonyl (C=O) groups excluding carboxylic acids is 2. The van der Waals surface area contributed by atoms with E-state index in [1.54, 1.807) is 6.92 Å². The van der Waals surface area contributed by atoms with Crippen molar-refractivity contribution in [3.63, 3.8) is 0 Å². The molecule has 0 saturated carbocycles. The zero-order chi connectivity index (χ0) is 22.5. The van der Waals surface area contributed by atoms with E-state index in [2.05, 4.69) is 5.32 Å². The van der Waals surface area contributed by atoms with Gasteiger partial charge in [0.15, 0.2) is 6.10 Å². The van der Waals surface area contributed by atoms with Crippen molar-refractivity contribution in [1.82, 2.24) is 4.90 Å². The van der Waals surface area contributed by atoms with Gasteiger partial charge in [0.2, 0.25) is 0 Å². The molecule has 0 radical (unpaired) electrons. The predicted molar refractivity (Wildman–Crippen MR) is 128 cm³/mol. The molecule has 0 bridgehead atoms. The second-order valence-corrected chi connectivity index (χ2v) is 8.46. The van der Waals surface area contributed by atoms with Crippen LogP contribution in [0.4, 0.5) is 5.69 Å². The summed E-state index contributed by atoms with van der Waals surface area (Å²) >= 11 is 0. The summed E-state index contributed by atoms with van der Waals surface area (Å²) in [4.78, 5) is 28.2. The van der Waals surface area contributed by atoms with Crippen LogP contribution in [0.2, 0.25) is 0 Å². The zero-order valence-electron chi connectivity index (χ0n) is 18.8. The topological polar surface area (TPSA) is 58.6 Å². The van der Waals surface area contributed by atoms with Gasteiger partial charge in [-0.25, -0.2) is 0 Å². The van der Waals surface area contributed by atoms with Crippen molar-refractivity contribution in [3.8, 4) is 5.75 Å². The van der Waals surface area contributed by atoms with Crippen LogP contribution < -0.4 is 10.1 Å². The largest absolute Gasteiger partial charge is 0.480 e. The molecule has 0 spiro atoms. The van der Waals surface area contributed by atoms with E-state index in [0.29, 0.717) is 11.3 Å². The average Bonchev–Trinajstić information content (AvgIpc) is 3.09. The summed E-state index contributed by atoms with van der Waals surface area (Å²) in [5.74, 6) is 0.144. The molecule has 1 N–H and O–H groups in total. The molecule has 1 aliphatic heterocycles. The summed E-state index contributed by atoms with van der Waals surface area (Å²) in [6.45, 7) is 5.26. The number of likely N-dealkylation sites (tertiary alicyclic amines) is 1. The molecular formula is C27H30N2O3. The lowest BCUT2D eigenvalue weighted by molar-refractivity contribution is -0.137. The molecule has 1 saturated heterocycles. The lowest BCUT2D eigenvalue weighted by Gasteiger charge is -2.25. The van der Waals surface area contributed by atoms with Gasteiger partial charge in [-0.1, -0.05) is 55.3 Å². The van der Waals surface area contributed by atoms with Crippen LogP contribution in [0.1, 0.15) is 48.5 Å². The Hall–Kier alpha value is -3.34. The Morgan fingerprint density at radius 3 is 2.22 bits per heavy atom. The number of ether oxygens (including phenoxy) is 1. The highest BCUT2D eigenvalue weighted by molar-refractivity contribution is 6.09. The minimum atomic E-state index is -0.667. The number of anilines is 1. The third kappa shape index (κ3) is 4.93. The molecule has 1 aliphatic rings. The fourth-order valence-electron chi connectivity index (χ4n) is 4.19. The van der Waals surface area contributed by atoms with E-state index in [1.807, 2.05) is 72.5 Å². The van der Waals surface area contributed by atoms with Gasteiger partial charge in [0, 0.05) is 18.8 Å². The van der Waals surface area contributed by atoms with Crippen molar-refractivity contribution in [3.05, 3.63) is 71.8 Å². The average molecular weight is 431 g/mol. The number of benzene rings is 3. The maximum Gasteiger partial charge on any atom is 0.263 e. The molecule has 2 amide bonds. The molecule has 32 heavy (non-hydrogen) atoms. The van der Waals surface area contributed by atoms with Gasteiger partial charge in [0.05, 0.1) is 5.56 Å². The summed E-state index contributed by atoms with van der Waals surface area (Å²) in [7, 11) is 0. The Kier molecular flexibility index (Phi) is 6.74. The maximum absolute atomic E-state index is 13.2. The Bertz CT molecular complexity index is 1120. The van der Waals surface area contributed by atoms with E-state index in [9.17, 15) is 9.59 Å². The first-order chi connectivity index (χ1) is 15.5. The first-order valence-electron chi connectivity index (χ1n) is 11.4. The Morgan fingerprint density at radius 2 is 1.53 bits per heavy atom. The number of para-hydroxylation sites is 1. The highest BCUT2D eigenvalue weighted by Crippen LogP contribution is 2.29. The van der Waals surface area contributed by atoms with Crippen LogP contribution in [0.3, 0.4) is 0 Å². The number of carbonyl (C=O) groups is 2. The molecule has 1 fully saturated rings. The van der Waals surface area contributed by atoms with E-state index in [-0.39, 0.29) is 11.8 Å². The van der Waals surface area contributed by atoms with Crippen LogP contribution >= 0.6 is 0 Å². The fraction of sp³-hybridized carbons (Fsp3) is 0.333. The van der Waals surface area contributed by atoms with Crippen molar-refractivity contribution in [1.29, 1.82) is 0 Å². The second-order valence-electron chi connectivity index (χ2n) is 8.46. The number of hydrogen-bond donors (Lipinski definition) is 1. The smallest absolute Gasteiger partial charge is 0.263 e. The normalized spacial score (nSPS) is 15.1. The van der Waals surface area contributed by atoms with Gasteiger partial charge in [-0.05, 0) is 61.2 Å². The summed E-state index contributed by atoms with van der Waals surface area (Å²) in [6, 6.07) is 19.2. The highest BCUT2D eigenvalue weighted by Gasteiger charge is 2.25. The summed E-state index contributed by atoms with van der Waals surface area (Å²) < 4.78 is 6.15. The van der Waals surface area contributed by atoms with Gasteiger partial charge in [-0.3, -0.25) is 9.59 Å². The number of nitrogens with zero attached hydrogens (tertiary/aromatic N) is 1. The van der Waals surface area contributed by atoms with Gasteiger partial charge >= 0.3 is 0 Å². The zero-order valence-corrected chi connectivity index (χ0v) is 18.8. The number of fused-ring (bicyclic) bond motifs is 1. The molecular weight excluding hydrogens is 400 g/mol. The van der Waals surface area contributed by atoms with Crippen molar-refractivity contribution in [2.24, 2.45) is 0 Å².